The van der Waals surface area contributed by atoms with Gasteiger partial charge in [-0.1, -0.05) is 6.07 Å². The predicted octanol–water partition coefficient (Wildman–Crippen LogP) is 2.02. The molecule has 1 aliphatic carbocycles. The van der Waals surface area contributed by atoms with Gasteiger partial charge < -0.3 is 10.4 Å². The molecule has 0 unspecified atom stereocenters. The maximum absolute atomic E-state index is 13.0. The minimum Gasteiger partial charge on any atom is -0.480 e. The zero-order valence-electron chi connectivity index (χ0n) is 10.8. The van der Waals surface area contributed by atoms with Gasteiger partial charge in [-0.3, -0.25) is 4.79 Å². The molecule has 0 radical (unpaired) electrons. The van der Waals surface area contributed by atoms with Crippen molar-refractivity contribution < 1.29 is 23.5 Å². The standard InChI is InChI=1S/C14H15F2NO3/c15-10-4-2-9(8-11(10)16)3-5-12(18)17-14(13(19)20)6-1-7-14/h2,4,8H,1,3,5-7H2,(H,17,18)(H,19,20). The molecule has 108 valence electrons. The van der Waals surface area contributed by atoms with Crippen molar-refractivity contribution >= 4 is 11.9 Å². The molecular weight excluding hydrogens is 268 g/mol. The van der Waals surface area contributed by atoms with Crippen molar-refractivity contribution in [3.63, 3.8) is 0 Å². The van der Waals surface area contributed by atoms with Crippen molar-refractivity contribution in [2.24, 2.45) is 0 Å². The van der Waals surface area contributed by atoms with Crippen LogP contribution in [0.25, 0.3) is 0 Å². The topological polar surface area (TPSA) is 66.4 Å². The van der Waals surface area contributed by atoms with Gasteiger partial charge in [0.05, 0.1) is 0 Å². The van der Waals surface area contributed by atoms with Crippen molar-refractivity contribution in [3.8, 4) is 0 Å². The number of carboxylic acid groups (broad SMARTS) is 1. The number of rotatable bonds is 5. The van der Waals surface area contributed by atoms with Crippen LogP contribution in [0.4, 0.5) is 8.78 Å². The minimum absolute atomic E-state index is 0.0418. The fraction of sp³-hybridized carbons (Fsp3) is 0.429. The SMILES string of the molecule is O=C(CCc1ccc(F)c(F)c1)NC1(C(=O)O)CCC1. The number of aliphatic carboxylic acids is 1. The van der Waals surface area contributed by atoms with E-state index in [0.717, 1.165) is 18.6 Å². The molecule has 0 saturated heterocycles. The maximum atomic E-state index is 13.0. The molecule has 0 aliphatic heterocycles. The van der Waals surface area contributed by atoms with Gasteiger partial charge in [0.25, 0.3) is 0 Å². The van der Waals surface area contributed by atoms with Gasteiger partial charge in [-0.2, -0.15) is 0 Å². The number of carbonyl (C=O) groups excluding carboxylic acids is 1. The smallest absolute Gasteiger partial charge is 0.329 e. The van der Waals surface area contributed by atoms with E-state index in [1.54, 1.807) is 0 Å². The lowest BCUT2D eigenvalue weighted by molar-refractivity contribution is -0.151. The van der Waals surface area contributed by atoms with Gasteiger partial charge in [0.2, 0.25) is 5.91 Å². The zero-order chi connectivity index (χ0) is 14.8. The number of carboxylic acids is 1. The van der Waals surface area contributed by atoms with Crippen molar-refractivity contribution in [3.05, 3.63) is 35.4 Å². The van der Waals surface area contributed by atoms with Crippen LogP contribution >= 0.6 is 0 Å². The summed E-state index contributed by atoms with van der Waals surface area (Å²) in [5, 5.41) is 11.6. The van der Waals surface area contributed by atoms with Crippen molar-refractivity contribution in [2.75, 3.05) is 0 Å². The average molecular weight is 283 g/mol. The largest absolute Gasteiger partial charge is 0.480 e. The van der Waals surface area contributed by atoms with Crippen molar-refractivity contribution in [2.45, 2.75) is 37.6 Å². The molecule has 4 nitrogen and oxygen atoms in total. The van der Waals surface area contributed by atoms with Crippen LogP contribution in [-0.4, -0.2) is 22.5 Å². The van der Waals surface area contributed by atoms with Gasteiger partial charge in [-0.05, 0) is 43.4 Å². The summed E-state index contributed by atoms with van der Waals surface area (Å²) in [5.74, 6) is -3.30. The maximum Gasteiger partial charge on any atom is 0.329 e. The Kier molecular flexibility index (Phi) is 4.01. The summed E-state index contributed by atoms with van der Waals surface area (Å²) in [6.07, 6.45) is 1.91. The molecule has 2 N–H and O–H groups in total. The summed E-state index contributed by atoms with van der Waals surface area (Å²) in [6.45, 7) is 0. The average Bonchev–Trinajstić information content (AvgIpc) is 2.35. The Bertz CT molecular complexity index is 541. The van der Waals surface area contributed by atoms with E-state index in [1.165, 1.54) is 6.07 Å². The molecule has 6 heteroatoms. The number of hydrogen-bond donors (Lipinski definition) is 2. The Morgan fingerprint density at radius 1 is 1.25 bits per heavy atom. The third-order valence-electron chi connectivity index (χ3n) is 3.62. The lowest BCUT2D eigenvalue weighted by atomic mass is 9.76. The van der Waals surface area contributed by atoms with Crippen LogP contribution in [0.2, 0.25) is 0 Å². The highest BCUT2D eigenvalue weighted by Crippen LogP contribution is 2.32. The zero-order valence-corrected chi connectivity index (χ0v) is 10.8. The van der Waals surface area contributed by atoms with E-state index in [0.29, 0.717) is 18.4 Å². The first kappa shape index (κ1) is 14.4. The first-order chi connectivity index (χ1) is 9.43. The van der Waals surface area contributed by atoms with Crippen LogP contribution in [0.5, 0.6) is 0 Å². The molecule has 0 heterocycles. The van der Waals surface area contributed by atoms with Crippen LogP contribution in [-0.2, 0) is 16.0 Å². The van der Waals surface area contributed by atoms with Crippen LogP contribution < -0.4 is 5.32 Å². The molecule has 0 aromatic heterocycles. The molecule has 1 saturated carbocycles. The summed E-state index contributed by atoms with van der Waals surface area (Å²) in [4.78, 5) is 22.8. The lowest BCUT2D eigenvalue weighted by Crippen LogP contribution is -2.59. The molecular formula is C14H15F2NO3. The van der Waals surface area contributed by atoms with Gasteiger partial charge in [-0.25, -0.2) is 13.6 Å². The fourth-order valence-corrected chi connectivity index (χ4v) is 2.21. The molecule has 1 fully saturated rings. The van der Waals surface area contributed by atoms with E-state index in [-0.39, 0.29) is 12.8 Å². The Hall–Kier alpha value is -1.98. The molecule has 1 aromatic carbocycles. The van der Waals surface area contributed by atoms with E-state index in [9.17, 15) is 18.4 Å². The Morgan fingerprint density at radius 2 is 1.95 bits per heavy atom. The molecule has 1 amide bonds. The number of aryl methyl sites for hydroxylation is 1. The molecule has 0 atom stereocenters. The number of carbonyl (C=O) groups is 2. The highest BCUT2D eigenvalue weighted by molar-refractivity contribution is 5.87. The van der Waals surface area contributed by atoms with E-state index < -0.39 is 29.0 Å². The highest BCUT2D eigenvalue weighted by atomic mass is 19.2. The molecule has 0 spiro atoms. The second-order valence-electron chi connectivity index (χ2n) is 5.04. The summed E-state index contributed by atoms with van der Waals surface area (Å²) in [5.41, 5.74) is -0.637. The predicted molar refractivity (Wildman–Crippen MR) is 67.0 cm³/mol. The highest BCUT2D eigenvalue weighted by Gasteiger charge is 2.45. The number of hydrogen-bond acceptors (Lipinski definition) is 2. The van der Waals surface area contributed by atoms with Gasteiger partial charge in [0.15, 0.2) is 11.6 Å². The van der Waals surface area contributed by atoms with E-state index >= 15 is 0 Å². The third-order valence-corrected chi connectivity index (χ3v) is 3.62. The van der Waals surface area contributed by atoms with E-state index in [1.807, 2.05) is 0 Å². The number of nitrogens with one attached hydrogen (secondary N) is 1. The van der Waals surface area contributed by atoms with Crippen LogP contribution in [0, 0.1) is 11.6 Å². The summed E-state index contributed by atoms with van der Waals surface area (Å²) >= 11 is 0. The summed E-state index contributed by atoms with van der Waals surface area (Å²) in [6, 6.07) is 3.45. The summed E-state index contributed by atoms with van der Waals surface area (Å²) < 4.78 is 25.7. The molecule has 0 bridgehead atoms. The Labute approximate surface area is 114 Å². The van der Waals surface area contributed by atoms with Gasteiger partial charge in [-0.15, -0.1) is 0 Å². The first-order valence-electron chi connectivity index (χ1n) is 6.41. The van der Waals surface area contributed by atoms with Crippen LogP contribution in [0.15, 0.2) is 18.2 Å². The number of halogens is 2. The van der Waals surface area contributed by atoms with Crippen LogP contribution in [0.3, 0.4) is 0 Å². The minimum atomic E-state index is -1.13. The van der Waals surface area contributed by atoms with E-state index in [2.05, 4.69) is 5.32 Å². The second-order valence-corrected chi connectivity index (χ2v) is 5.04. The van der Waals surface area contributed by atoms with Crippen molar-refractivity contribution in [1.82, 2.24) is 5.32 Å². The van der Waals surface area contributed by atoms with Gasteiger partial charge >= 0.3 is 5.97 Å². The molecule has 2 rings (SSSR count). The molecule has 1 aliphatic rings. The Balaban J connectivity index is 1.89. The molecule has 1 aromatic rings. The lowest BCUT2D eigenvalue weighted by Gasteiger charge is -2.38. The second kappa shape index (κ2) is 5.56. The normalized spacial score (nSPS) is 16.3. The van der Waals surface area contributed by atoms with Gasteiger partial charge in [0.1, 0.15) is 5.54 Å². The Morgan fingerprint density at radius 3 is 2.45 bits per heavy atom. The van der Waals surface area contributed by atoms with Crippen molar-refractivity contribution in [1.29, 1.82) is 0 Å². The summed E-state index contributed by atoms with van der Waals surface area (Å²) in [7, 11) is 0. The number of benzene rings is 1. The first-order valence-corrected chi connectivity index (χ1v) is 6.41. The van der Waals surface area contributed by atoms with Gasteiger partial charge in [0, 0.05) is 6.42 Å². The quantitative estimate of drug-likeness (QED) is 0.868. The fourth-order valence-electron chi connectivity index (χ4n) is 2.21. The van der Waals surface area contributed by atoms with Crippen LogP contribution in [0.1, 0.15) is 31.2 Å². The molecule has 20 heavy (non-hydrogen) atoms. The number of amides is 1. The third kappa shape index (κ3) is 2.95. The van der Waals surface area contributed by atoms with E-state index in [4.69, 9.17) is 5.11 Å². The monoisotopic (exact) mass is 283 g/mol.